The summed E-state index contributed by atoms with van der Waals surface area (Å²) in [6.07, 6.45) is -0.151. The lowest BCUT2D eigenvalue weighted by Crippen LogP contribution is -2.74. The number of ether oxygens (including phenoxy) is 2. The standard InChI is InChI=1S/C29H29ClN2O3/c1-28(2)26(29(3,4)27(28)35-23-15-12-21(17-31)24(30)16-23)32-25(33)20-8-6-18(7-9-20)19-10-13-22(34-5)14-11-19/h6-16,26-27H,1-5H3,(H,32,33)/t26-,27-. The number of halogens is 1. The Balaban J connectivity index is 1.45. The average Bonchev–Trinajstić information content (AvgIpc) is 2.85. The van der Waals surface area contributed by atoms with Gasteiger partial charge < -0.3 is 14.8 Å². The Hall–Kier alpha value is -3.49. The number of benzene rings is 3. The van der Waals surface area contributed by atoms with Gasteiger partial charge in [-0.05, 0) is 47.5 Å². The van der Waals surface area contributed by atoms with Crippen molar-refractivity contribution >= 4 is 17.5 Å². The molecule has 3 aromatic rings. The fraction of sp³-hybridized carbons (Fsp3) is 0.310. The molecule has 0 atom stereocenters. The van der Waals surface area contributed by atoms with E-state index in [1.165, 1.54) is 0 Å². The second kappa shape index (κ2) is 9.28. The predicted molar refractivity (Wildman–Crippen MR) is 138 cm³/mol. The molecule has 0 aliphatic heterocycles. The summed E-state index contributed by atoms with van der Waals surface area (Å²) in [6, 6.07) is 22.5. The molecule has 0 radical (unpaired) electrons. The highest BCUT2D eigenvalue weighted by molar-refractivity contribution is 6.31. The molecule has 3 aromatic carbocycles. The van der Waals surface area contributed by atoms with Crippen LogP contribution in [0.4, 0.5) is 0 Å². The molecule has 0 heterocycles. The van der Waals surface area contributed by atoms with Crippen LogP contribution in [0.2, 0.25) is 5.02 Å². The Morgan fingerprint density at radius 3 is 1.97 bits per heavy atom. The number of nitriles is 1. The van der Waals surface area contributed by atoms with Crippen LogP contribution in [0.5, 0.6) is 11.5 Å². The number of nitrogens with one attached hydrogen (secondary N) is 1. The highest BCUT2D eigenvalue weighted by Crippen LogP contribution is 2.55. The topological polar surface area (TPSA) is 71.3 Å². The van der Waals surface area contributed by atoms with E-state index in [0.717, 1.165) is 16.9 Å². The van der Waals surface area contributed by atoms with E-state index in [9.17, 15) is 4.79 Å². The van der Waals surface area contributed by atoms with E-state index < -0.39 is 0 Å². The summed E-state index contributed by atoms with van der Waals surface area (Å²) >= 11 is 6.18. The molecule has 5 nitrogen and oxygen atoms in total. The zero-order chi connectivity index (χ0) is 25.4. The third-order valence-corrected chi connectivity index (χ3v) is 7.31. The lowest BCUT2D eigenvalue weighted by molar-refractivity contribution is -0.164. The highest BCUT2D eigenvalue weighted by atomic mass is 35.5. The molecule has 0 bridgehead atoms. The van der Waals surface area contributed by atoms with Crippen molar-refractivity contribution in [2.75, 3.05) is 7.11 Å². The second-order valence-corrected chi connectivity index (χ2v) is 10.5. The quantitative estimate of drug-likeness (QED) is 0.430. The maximum Gasteiger partial charge on any atom is 0.251 e. The zero-order valence-electron chi connectivity index (χ0n) is 20.6. The molecular weight excluding hydrogens is 460 g/mol. The SMILES string of the molecule is COc1ccc(-c2ccc(C(=O)N[C@H]3C(C)(C)[C@H](Oc4ccc(C#N)c(Cl)c4)C3(C)C)cc2)cc1. The normalized spacial score (nSPS) is 19.7. The van der Waals surface area contributed by atoms with Crippen LogP contribution in [-0.4, -0.2) is 25.2 Å². The maximum atomic E-state index is 13.1. The van der Waals surface area contributed by atoms with Crippen LogP contribution in [0, 0.1) is 22.2 Å². The van der Waals surface area contributed by atoms with Gasteiger partial charge in [-0.3, -0.25) is 4.79 Å². The Bertz CT molecular complexity index is 1260. The number of amides is 1. The van der Waals surface area contributed by atoms with E-state index >= 15 is 0 Å². The smallest absolute Gasteiger partial charge is 0.251 e. The van der Waals surface area contributed by atoms with Crippen molar-refractivity contribution in [1.82, 2.24) is 5.32 Å². The minimum absolute atomic E-state index is 0.0948. The first-order valence-electron chi connectivity index (χ1n) is 11.5. The van der Waals surface area contributed by atoms with Gasteiger partial charge >= 0.3 is 0 Å². The molecule has 1 fully saturated rings. The second-order valence-electron chi connectivity index (χ2n) is 10.1. The molecular formula is C29H29ClN2O3. The van der Waals surface area contributed by atoms with Crippen molar-refractivity contribution in [3.63, 3.8) is 0 Å². The summed E-state index contributed by atoms with van der Waals surface area (Å²) in [6.45, 7) is 8.36. The van der Waals surface area contributed by atoms with Crippen molar-refractivity contribution < 1.29 is 14.3 Å². The van der Waals surface area contributed by atoms with Crippen LogP contribution in [-0.2, 0) is 0 Å². The first-order valence-corrected chi connectivity index (χ1v) is 11.9. The van der Waals surface area contributed by atoms with Crippen LogP contribution in [0.15, 0.2) is 66.7 Å². The van der Waals surface area contributed by atoms with E-state index in [0.29, 0.717) is 21.9 Å². The summed E-state index contributed by atoms with van der Waals surface area (Å²) in [5.74, 6) is 1.30. The fourth-order valence-corrected chi connectivity index (χ4v) is 5.62. The third-order valence-electron chi connectivity index (χ3n) is 7.00. The van der Waals surface area contributed by atoms with Crippen LogP contribution in [0.1, 0.15) is 43.6 Å². The number of carbonyl (C=O) groups excluding carboxylic acids is 1. The molecule has 1 aliphatic rings. The van der Waals surface area contributed by atoms with E-state index in [1.54, 1.807) is 25.3 Å². The molecule has 0 spiro atoms. The molecule has 6 heteroatoms. The zero-order valence-corrected chi connectivity index (χ0v) is 21.3. The molecule has 35 heavy (non-hydrogen) atoms. The van der Waals surface area contributed by atoms with Crippen LogP contribution in [0.3, 0.4) is 0 Å². The summed E-state index contributed by atoms with van der Waals surface area (Å²) in [5, 5.41) is 12.7. The van der Waals surface area contributed by atoms with Gasteiger partial charge in [0.05, 0.1) is 17.7 Å². The molecule has 180 valence electrons. The van der Waals surface area contributed by atoms with E-state index in [4.69, 9.17) is 26.3 Å². The Labute approximate surface area is 211 Å². The number of hydrogen-bond acceptors (Lipinski definition) is 4. The minimum Gasteiger partial charge on any atom is -0.497 e. The molecule has 0 saturated heterocycles. The van der Waals surface area contributed by atoms with Gasteiger partial charge in [-0.2, -0.15) is 5.26 Å². The number of nitrogens with zero attached hydrogens (tertiary/aromatic N) is 1. The van der Waals surface area contributed by atoms with Gasteiger partial charge in [-0.25, -0.2) is 0 Å². The van der Waals surface area contributed by atoms with E-state index in [1.807, 2.05) is 48.5 Å². The lowest BCUT2D eigenvalue weighted by Gasteiger charge is -2.63. The number of carbonyl (C=O) groups is 1. The first kappa shape index (κ1) is 24.6. The monoisotopic (exact) mass is 488 g/mol. The first-order chi connectivity index (χ1) is 16.6. The van der Waals surface area contributed by atoms with Gasteiger partial charge in [0.25, 0.3) is 5.91 Å². The van der Waals surface area contributed by atoms with Gasteiger partial charge in [0, 0.05) is 28.5 Å². The Kier molecular flexibility index (Phi) is 6.53. The maximum absolute atomic E-state index is 13.1. The average molecular weight is 489 g/mol. The van der Waals surface area contributed by atoms with Gasteiger partial charge in [0.1, 0.15) is 23.7 Å². The molecule has 0 unspecified atom stereocenters. The van der Waals surface area contributed by atoms with Crippen LogP contribution in [0.25, 0.3) is 11.1 Å². The predicted octanol–water partition coefficient (Wildman–Crippen LogP) is 6.50. The Morgan fingerprint density at radius 2 is 1.46 bits per heavy atom. The van der Waals surface area contributed by atoms with E-state index in [2.05, 4.69) is 39.1 Å². The van der Waals surface area contributed by atoms with Crippen LogP contribution >= 0.6 is 11.6 Å². The van der Waals surface area contributed by atoms with Gasteiger partial charge in [-0.15, -0.1) is 0 Å². The summed E-state index contributed by atoms with van der Waals surface area (Å²) in [4.78, 5) is 13.1. The van der Waals surface area contributed by atoms with Gasteiger partial charge in [0.15, 0.2) is 0 Å². The van der Waals surface area contributed by atoms with Crippen molar-refractivity contribution in [2.24, 2.45) is 10.8 Å². The third kappa shape index (κ3) is 4.59. The van der Waals surface area contributed by atoms with Crippen molar-refractivity contribution in [3.05, 3.63) is 82.9 Å². The largest absolute Gasteiger partial charge is 0.497 e. The molecule has 1 N–H and O–H groups in total. The van der Waals surface area contributed by atoms with E-state index in [-0.39, 0.29) is 28.9 Å². The van der Waals surface area contributed by atoms with Crippen molar-refractivity contribution in [1.29, 1.82) is 5.26 Å². The number of methoxy groups -OCH3 is 1. The molecule has 1 aliphatic carbocycles. The van der Waals surface area contributed by atoms with Crippen molar-refractivity contribution in [3.8, 4) is 28.7 Å². The molecule has 1 amide bonds. The number of rotatable bonds is 6. The summed E-state index contributed by atoms with van der Waals surface area (Å²) in [5.41, 5.74) is 2.47. The highest BCUT2D eigenvalue weighted by Gasteiger charge is 2.64. The summed E-state index contributed by atoms with van der Waals surface area (Å²) < 4.78 is 11.5. The lowest BCUT2D eigenvalue weighted by atomic mass is 9.49. The molecule has 0 aromatic heterocycles. The number of hydrogen-bond donors (Lipinski definition) is 1. The molecule has 4 rings (SSSR count). The fourth-order valence-electron chi connectivity index (χ4n) is 5.41. The Morgan fingerprint density at radius 1 is 0.914 bits per heavy atom. The summed E-state index contributed by atoms with van der Waals surface area (Å²) in [7, 11) is 1.64. The minimum atomic E-state index is -0.317. The van der Waals surface area contributed by atoms with Gasteiger partial charge in [-0.1, -0.05) is 63.6 Å². The van der Waals surface area contributed by atoms with Gasteiger partial charge in [0.2, 0.25) is 0 Å². The van der Waals surface area contributed by atoms with Crippen LogP contribution < -0.4 is 14.8 Å². The van der Waals surface area contributed by atoms with Crippen molar-refractivity contribution in [2.45, 2.75) is 39.8 Å². The molecule has 1 saturated carbocycles.